The topological polar surface area (TPSA) is 160 Å². The predicted molar refractivity (Wildman–Crippen MR) is 151 cm³/mol. The van der Waals surface area contributed by atoms with Crippen molar-refractivity contribution in [2.75, 3.05) is 34.3 Å². The normalized spacial score (nSPS) is 27.2. The van der Waals surface area contributed by atoms with Crippen LogP contribution in [0.5, 0.6) is 0 Å². The zero-order valence-electron chi connectivity index (χ0n) is 24.0. The molecule has 0 spiro atoms. The van der Waals surface area contributed by atoms with E-state index in [4.69, 9.17) is 15.2 Å². The Morgan fingerprint density at radius 2 is 1.95 bits per heavy atom. The molecule has 0 aromatic heterocycles. The van der Waals surface area contributed by atoms with Gasteiger partial charge in [-0.2, -0.15) is 0 Å². The molecule has 2 aliphatic rings. The molecule has 0 fully saturated rings. The number of Topliss-reactive ketones (excluding diaryl/α,β-unsaturated/α-hetero) is 1. The number of carbonyl (C=O) groups excluding carboxylic acids is 4. The third-order valence-electron chi connectivity index (χ3n) is 6.64. The number of ether oxygens (including phenoxy) is 2. The molecule has 1 heterocycles. The van der Waals surface area contributed by atoms with Crippen molar-refractivity contribution in [2.45, 2.75) is 64.3 Å². The summed E-state index contributed by atoms with van der Waals surface area (Å²) in [6, 6.07) is 0. The fourth-order valence-electron chi connectivity index (χ4n) is 4.31. The first kappa shape index (κ1) is 32.7. The van der Waals surface area contributed by atoms with Crippen molar-refractivity contribution in [3.05, 3.63) is 58.5 Å². The van der Waals surface area contributed by atoms with Crippen LogP contribution in [0.2, 0.25) is 0 Å². The zero-order chi connectivity index (χ0) is 29.8. The summed E-state index contributed by atoms with van der Waals surface area (Å²) in [6.45, 7) is 4.46. The Labute approximate surface area is 235 Å². The Hall–Kier alpha value is -3.54. The summed E-state index contributed by atoms with van der Waals surface area (Å²) < 4.78 is 10.8. The first-order chi connectivity index (χ1) is 18.9. The SMILES string of the molecule is CO[C@H]1/C=C\C=C(/C)C(=O)NC2=CC(=O)C(NCCN(C)C)=C(CCCC[C@H](O)C/C=C(\C)C1OC(N)=O)C2=O. The number of ketones is 2. The van der Waals surface area contributed by atoms with Crippen LogP contribution in [0.25, 0.3) is 0 Å². The van der Waals surface area contributed by atoms with Gasteiger partial charge in [-0.15, -0.1) is 0 Å². The van der Waals surface area contributed by atoms with Crippen LogP contribution >= 0.6 is 0 Å². The molecule has 0 aromatic rings. The Balaban J connectivity index is 2.41. The molecule has 3 atom stereocenters. The largest absolute Gasteiger partial charge is 0.439 e. The summed E-state index contributed by atoms with van der Waals surface area (Å²) in [4.78, 5) is 52.8. The monoisotopic (exact) mass is 558 g/mol. The van der Waals surface area contributed by atoms with Crippen molar-refractivity contribution in [1.29, 1.82) is 0 Å². The number of aliphatic hydroxyl groups excluding tert-OH is 1. The minimum Gasteiger partial charge on any atom is -0.439 e. The fraction of sp³-hybridized carbons (Fsp3) is 0.517. The quantitative estimate of drug-likeness (QED) is 0.281. The lowest BCUT2D eigenvalue weighted by Crippen LogP contribution is -2.37. The Morgan fingerprint density at radius 3 is 2.60 bits per heavy atom. The lowest BCUT2D eigenvalue weighted by atomic mass is 9.92. The number of nitrogens with two attached hydrogens (primary N) is 1. The molecule has 0 aromatic carbocycles. The standard InChI is InChI=1S/C29H42N4O7/c1-18-13-14-20(34)10-6-7-11-21-25(31-15-16-33(3)4)23(35)17-22(26(21)36)32-28(37)19(2)9-8-12-24(39-5)27(18)40-29(30)38/h8-9,12-13,17,20,24,27,31,34H,6-7,10-11,14-16H2,1-5H3,(H2,30,38)(H,32,37)/b12-8-,18-13+,19-9+/t20-,24-,27?/m0/s1. The highest BCUT2D eigenvalue weighted by Crippen LogP contribution is 2.23. The van der Waals surface area contributed by atoms with Crippen molar-refractivity contribution in [3.63, 3.8) is 0 Å². The molecule has 0 saturated heterocycles. The van der Waals surface area contributed by atoms with Gasteiger partial charge in [0, 0.05) is 37.4 Å². The summed E-state index contributed by atoms with van der Waals surface area (Å²) >= 11 is 0. The molecule has 0 radical (unpaired) electrons. The second-order valence-electron chi connectivity index (χ2n) is 10.2. The number of amides is 2. The van der Waals surface area contributed by atoms with Gasteiger partial charge in [-0.05, 0) is 59.2 Å². The van der Waals surface area contributed by atoms with E-state index in [0.29, 0.717) is 56.3 Å². The van der Waals surface area contributed by atoms with Crippen molar-refractivity contribution in [2.24, 2.45) is 5.73 Å². The highest BCUT2D eigenvalue weighted by atomic mass is 16.6. The number of allylic oxidation sites excluding steroid dienone is 4. The molecule has 11 nitrogen and oxygen atoms in total. The molecule has 1 aliphatic heterocycles. The number of hydrogen-bond acceptors (Lipinski definition) is 9. The second-order valence-corrected chi connectivity index (χ2v) is 10.2. The molecule has 1 aliphatic carbocycles. The van der Waals surface area contributed by atoms with Crippen molar-refractivity contribution < 1.29 is 33.8 Å². The molecule has 2 rings (SSSR count). The highest BCUT2D eigenvalue weighted by Gasteiger charge is 2.30. The Kier molecular flexibility index (Phi) is 13.0. The van der Waals surface area contributed by atoms with Crippen LogP contribution in [-0.4, -0.2) is 86.2 Å². The zero-order valence-corrected chi connectivity index (χ0v) is 24.0. The van der Waals surface area contributed by atoms with Gasteiger partial charge in [-0.25, -0.2) is 4.79 Å². The molecular weight excluding hydrogens is 516 g/mol. The summed E-state index contributed by atoms with van der Waals surface area (Å²) in [5, 5.41) is 16.2. The summed E-state index contributed by atoms with van der Waals surface area (Å²) in [7, 11) is 5.26. The molecule has 220 valence electrons. The van der Waals surface area contributed by atoms with E-state index in [1.165, 1.54) is 13.2 Å². The van der Waals surface area contributed by atoms with Gasteiger partial charge < -0.3 is 35.8 Å². The van der Waals surface area contributed by atoms with Gasteiger partial charge in [-0.3, -0.25) is 14.4 Å². The fourth-order valence-corrected chi connectivity index (χ4v) is 4.31. The highest BCUT2D eigenvalue weighted by molar-refractivity contribution is 6.23. The van der Waals surface area contributed by atoms with Crippen LogP contribution < -0.4 is 16.4 Å². The number of methoxy groups -OCH3 is 1. The van der Waals surface area contributed by atoms with Gasteiger partial charge in [0.2, 0.25) is 11.6 Å². The van der Waals surface area contributed by atoms with Crippen molar-refractivity contribution in [3.8, 4) is 0 Å². The number of hydrogen-bond donors (Lipinski definition) is 4. The van der Waals surface area contributed by atoms with Crippen LogP contribution in [0.3, 0.4) is 0 Å². The van der Waals surface area contributed by atoms with Crippen LogP contribution in [0.4, 0.5) is 4.79 Å². The number of primary amides is 1. The molecule has 1 unspecified atom stereocenters. The van der Waals surface area contributed by atoms with E-state index in [2.05, 4.69) is 10.6 Å². The second kappa shape index (κ2) is 15.9. The first-order valence-electron chi connectivity index (χ1n) is 13.4. The molecule has 2 bridgehead atoms. The maximum Gasteiger partial charge on any atom is 0.405 e. The smallest absolute Gasteiger partial charge is 0.405 e. The number of fused-ring (bicyclic) bond motifs is 2. The van der Waals surface area contributed by atoms with E-state index in [9.17, 15) is 24.3 Å². The molecule has 40 heavy (non-hydrogen) atoms. The predicted octanol–water partition coefficient (Wildman–Crippen LogP) is 1.80. The minimum atomic E-state index is -0.971. The average Bonchev–Trinajstić information content (AvgIpc) is 2.89. The van der Waals surface area contributed by atoms with E-state index in [1.54, 1.807) is 32.1 Å². The van der Waals surface area contributed by atoms with Gasteiger partial charge in [0.05, 0.1) is 17.5 Å². The number of carbonyl (C=O) groups is 4. The van der Waals surface area contributed by atoms with Gasteiger partial charge in [0.15, 0.2) is 6.10 Å². The van der Waals surface area contributed by atoms with E-state index in [0.717, 1.165) is 6.08 Å². The van der Waals surface area contributed by atoms with Crippen molar-refractivity contribution in [1.82, 2.24) is 15.5 Å². The van der Waals surface area contributed by atoms with Gasteiger partial charge in [0.25, 0.3) is 5.91 Å². The number of nitrogens with zero attached hydrogens (tertiary/aromatic N) is 1. The van der Waals surface area contributed by atoms with E-state index < -0.39 is 36.1 Å². The van der Waals surface area contributed by atoms with Gasteiger partial charge >= 0.3 is 6.09 Å². The molecule has 5 N–H and O–H groups in total. The van der Waals surface area contributed by atoms with Crippen LogP contribution in [0, 0.1) is 0 Å². The number of rotatable bonds is 6. The Morgan fingerprint density at radius 1 is 1.23 bits per heavy atom. The van der Waals surface area contributed by atoms with Gasteiger partial charge in [-0.1, -0.05) is 30.7 Å². The average molecular weight is 559 g/mol. The summed E-state index contributed by atoms with van der Waals surface area (Å²) in [5.41, 5.74) is 6.68. The maximum absolute atomic E-state index is 13.4. The van der Waals surface area contributed by atoms with E-state index in [1.807, 2.05) is 19.0 Å². The maximum atomic E-state index is 13.4. The van der Waals surface area contributed by atoms with E-state index >= 15 is 0 Å². The lowest BCUT2D eigenvalue weighted by Gasteiger charge is -2.24. The van der Waals surface area contributed by atoms with Crippen LogP contribution in [0.1, 0.15) is 46.0 Å². The third-order valence-corrected chi connectivity index (χ3v) is 6.64. The summed E-state index contributed by atoms with van der Waals surface area (Å²) in [6.07, 6.45) is 6.64. The van der Waals surface area contributed by atoms with Crippen LogP contribution in [-0.2, 0) is 23.9 Å². The van der Waals surface area contributed by atoms with E-state index in [-0.39, 0.29) is 22.8 Å². The number of likely N-dealkylation sites (N-methyl/N-ethyl adjacent to an activating group) is 1. The summed E-state index contributed by atoms with van der Waals surface area (Å²) in [5.74, 6) is -1.33. The molecule has 0 saturated carbocycles. The van der Waals surface area contributed by atoms with Crippen molar-refractivity contribution >= 4 is 23.6 Å². The lowest BCUT2D eigenvalue weighted by molar-refractivity contribution is -0.120. The minimum absolute atomic E-state index is 0.0812. The Bertz CT molecular complexity index is 1120. The molecule has 2 amide bonds. The molecular formula is C29H42N4O7. The number of aliphatic hydroxyl groups is 1. The third kappa shape index (κ3) is 9.89. The molecule has 11 heteroatoms. The van der Waals surface area contributed by atoms with Crippen LogP contribution in [0.15, 0.2) is 58.5 Å². The first-order valence-corrected chi connectivity index (χ1v) is 13.4. The number of nitrogens with one attached hydrogen (secondary N) is 2. The van der Waals surface area contributed by atoms with Gasteiger partial charge in [0.1, 0.15) is 6.10 Å².